The van der Waals surface area contributed by atoms with Crippen molar-refractivity contribution >= 4 is 33.5 Å². The zero-order valence-electron chi connectivity index (χ0n) is 15.1. The van der Waals surface area contributed by atoms with Crippen LogP contribution in [0.25, 0.3) is 21.9 Å². The average molecular weight is 383 g/mol. The lowest BCUT2D eigenvalue weighted by Gasteiger charge is -2.14. The Hall–Kier alpha value is -2.70. The van der Waals surface area contributed by atoms with E-state index in [0.717, 1.165) is 11.0 Å². The van der Waals surface area contributed by atoms with Crippen LogP contribution in [0.2, 0.25) is 5.02 Å². The number of fused-ring (bicyclic) bond motifs is 2. The predicted molar refractivity (Wildman–Crippen MR) is 106 cm³/mol. The second-order valence-electron chi connectivity index (χ2n) is 6.84. The number of aliphatic hydroxyl groups is 1. The number of aliphatic hydroxyl groups excluding tert-OH is 1. The van der Waals surface area contributed by atoms with Crippen molar-refractivity contribution in [2.75, 3.05) is 0 Å². The van der Waals surface area contributed by atoms with Gasteiger partial charge in [0.15, 0.2) is 0 Å². The van der Waals surface area contributed by atoms with Crippen molar-refractivity contribution in [3.63, 3.8) is 0 Å². The van der Waals surface area contributed by atoms with Crippen LogP contribution >= 0.6 is 11.6 Å². The molecule has 0 aliphatic carbocycles. The molecule has 0 saturated heterocycles. The van der Waals surface area contributed by atoms with Gasteiger partial charge in [0.05, 0.1) is 53.8 Å². The molecule has 1 atom stereocenters. The van der Waals surface area contributed by atoms with Gasteiger partial charge in [-0.25, -0.2) is 9.97 Å². The summed E-state index contributed by atoms with van der Waals surface area (Å²) < 4.78 is 3.32. The van der Waals surface area contributed by atoms with Gasteiger partial charge in [0.25, 0.3) is 5.56 Å². The molecule has 0 fully saturated rings. The summed E-state index contributed by atoms with van der Waals surface area (Å²) in [5.74, 6) is 0. The lowest BCUT2D eigenvalue weighted by molar-refractivity contribution is 0.134. The number of aryl methyl sites for hydroxylation is 2. The zero-order chi connectivity index (χ0) is 19.1. The molecule has 4 rings (SSSR count). The highest BCUT2D eigenvalue weighted by Gasteiger charge is 2.13. The fraction of sp³-hybridized carbons (Fsp3) is 0.250. The summed E-state index contributed by atoms with van der Waals surface area (Å²) in [6.07, 6.45) is 2.41. The Kier molecular flexibility index (Phi) is 4.45. The molecule has 2 aromatic carbocycles. The largest absolute Gasteiger partial charge is 0.389 e. The first-order chi connectivity index (χ1) is 12.9. The van der Waals surface area contributed by atoms with Gasteiger partial charge in [-0.1, -0.05) is 11.6 Å². The van der Waals surface area contributed by atoms with E-state index in [4.69, 9.17) is 11.6 Å². The smallest absolute Gasteiger partial charge is 0.261 e. The van der Waals surface area contributed by atoms with Gasteiger partial charge < -0.3 is 9.67 Å². The average Bonchev–Trinajstić information content (AvgIpc) is 3.00. The fourth-order valence-electron chi connectivity index (χ4n) is 3.23. The third-order valence-corrected chi connectivity index (χ3v) is 5.07. The molecule has 2 aromatic heterocycles. The minimum Gasteiger partial charge on any atom is -0.389 e. The van der Waals surface area contributed by atoms with E-state index >= 15 is 0 Å². The summed E-state index contributed by atoms with van der Waals surface area (Å²) in [4.78, 5) is 21.3. The molecule has 27 heavy (non-hydrogen) atoms. The molecule has 7 heteroatoms. The Morgan fingerprint density at radius 3 is 2.48 bits per heavy atom. The van der Waals surface area contributed by atoms with E-state index in [1.807, 2.05) is 24.5 Å². The van der Waals surface area contributed by atoms with Crippen LogP contribution < -0.4 is 5.56 Å². The van der Waals surface area contributed by atoms with Crippen LogP contribution in [0, 0.1) is 13.8 Å². The number of hydrogen-bond acceptors (Lipinski definition) is 4. The van der Waals surface area contributed by atoms with E-state index in [-0.39, 0.29) is 12.1 Å². The van der Waals surface area contributed by atoms with E-state index < -0.39 is 6.10 Å². The Bertz CT molecular complexity index is 1210. The number of halogens is 1. The van der Waals surface area contributed by atoms with Crippen molar-refractivity contribution in [1.82, 2.24) is 19.1 Å². The molecule has 0 amide bonds. The molecule has 0 bridgehead atoms. The molecule has 0 spiro atoms. The van der Waals surface area contributed by atoms with Gasteiger partial charge in [-0.2, -0.15) is 0 Å². The van der Waals surface area contributed by atoms with Gasteiger partial charge in [-0.15, -0.1) is 0 Å². The molecule has 0 radical (unpaired) electrons. The number of rotatable bonds is 4. The maximum atomic E-state index is 12.6. The highest BCUT2D eigenvalue weighted by molar-refractivity contribution is 6.31. The van der Waals surface area contributed by atoms with Crippen LogP contribution in [-0.2, 0) is 13.1 Å². The third kappa shape index (κ3) is 3.34. The first-order valence-corrected chi connectivity index (χ1v) is 9.05. The van der Waals surface area contributed by atoms with E-state index in [1.165, 1.54) is 22.0 Å². The highest BCUT2D eigenvalue weighted by Crippen LogP contribution is 2.19. The molecule has 138 valence electrons. The monoisotopic (exact) mass is 382 g/mol. The van der Waals surface area contributed by atoms with E-state index in [1.54, 1.807) is 24.5 Å². The molecular weight excluding hydrogens is 364 g/mol. The second-order valence-corrected chi connectivity index (χ2v) is 7.28. The maximum Gasteiger partial charge on any atom is 0.261 e. The lowest BCUT2D eigenvalue weighted by Crippen LogP contribution is -2.29. The number of imidazole rings is 1. The fourth-order valence-corrected chi connectivity index (χ4v) is 3.40. The Morgan fingerprint density at radius 2 is 1.67 bits per heavy atom. The summed E-state index contributed by atoms with van der Waals surface area (Å²) in [6.45, 7) is 4.57. The quantitative estimate of drug-likeness (QED) is 0.588. The van der Waals surface area contributed by atoms with Gasteiger partial charge in [0.2, 0.25) is 0 Å². The number of aromatic nitrogens is 4. The van der Waals surface area contributed by atoms with Gasteiger partial charge >= 0.3 is 0 Å². The Labute approximate surface area is 160 Å². The van der Waals surface area contributed by atoms with Crippen molar-refractivity contribution < 1.29 is 5.11 Å². The molecule has 0 aliphatic heterocycles. The van der Waals surface area contributed by atoms with Crippen LogP contribution in [0.4, 0.5) is 0 Å². The van der Waals surface area contributed by atoms with Gasteiger partial charge in [-0.3, -0.25) is 9.36 Å². The highest BCUT2D eigenvalue weighted by atomic mass is 35.5. The maximum absolute atomic E-state index is 12.6. The van der Waals surface area contributed by atoms with E-state index in [2.05, 4.69) is 16.0 Å². The third-order valence-electron chi connectivity index (χ3n) is 4.84. The number of hydrogen-bond donors (Lipinski definition) is 1. The van der Waals surface area contributed by atoms with Crippen molar-refractivity contribution in [2.45, 2.75) is 33.0 Å². The summed E-state index contributed by atoms with van der Waals surface area (Å²) in [7, 11) is 0. The molecular formula is C20H19ClN4O2. The molecule has 2 heterocycles. The SMILES string of the molecule is Cc1cc2ncn(C[C@H](O)Cn3cnc4ccc(Cl)cc4c3=O)c2cc1C. The van der Waals surface area contributed by atoms with E-state index in [9.17, 15) is 9.90 Å². The van der Waals surface area contributed by atoms with Crippen molar-refractivity contribution in [3.05, 3.63) is 69.5 Å². The number of benzene rings is 2. The molecule has 6 nitrogen and oxygen atoms in total. The predicted octanol–water partition coefficient (Wildman–Crippen LogP) is 3.08. The topological polar surface area (TPSA) is 72.9 Å². The molecule has 0 aliphatic rings. The van der Waals surface area contributed by atoms with Gasteiger partial charge in [0, 0.05) is 5.02 Å². The molecule has 4 aromatic rings. The zero-order valence-corrected chi connectivity index (χ0v) is 15.8. The summed E-state index contributed by atoms with van der Waals surface area (Å²) in [6, 6.07) is 9.11. The normalized spacial score (nSPS) is 12.7. The standard InChI is InChI=1S/C20H19ClN4O2/c1-12-5-18-19(6-13(12)2)24(10-23-18)8-15(26)9-25-11-22-17-4-3-14(21)7-16(17)20(25)27/h3-7,10-11,15,26H,8-9H2,1-2H3/t15-/m0/s1. The lowest BCUT2D eigenvalue weighted by atomic mass is 10.1. The van der Waals surface area contributed by atoms with E-state index in [0.29, 0.717) is 22.5 Å². The molecule has 1 N–H and O–H groups in total. The Morgan fingerprint density at radius 1 is 1.00 bits per heavy atom. The van der Waals surface area contributed by atoms with Crippen molar-refractivity contribution in [2.24, 2.45) is 0 Å². The first-order valence-electron chi connectivity index (χ1n) is 8.67. The van der Waals surface area contributed by atoms with Crippen LogP contribution in [-0.4, -0.2) is 30.3 Å². The van der Waals surface area contributed by atoms with Crippen LogP contribution in [0.5, 0.6) is 0 Å². The summed E-state index contributed by atoms with van der Waals surface area (Å²) >= 11 is 5.99. The summed E-state index contributed by atoms with van der Waals surface area (Å²) in [5, 5.41) is 11.5. The Balaban J connectivity index is 1.61. The van der Waals surface area contributed by atoms with Gasteiger partial charge in [0.1, 0.15) is 0 Å². The molecule has 0 unspecified atom stereocenters. The van der Waals surface area contributed by atoms with Crippen molar-refractivity contribution in [3.8, 4) is 0 Å². The van der Waals surface area contributed by atoms with Crippen molar-refractivity contribution in [1.29, 1.82) is 0 Å². The minimum atomic E-state index is -0.764. The molecule has 0 saturated carbocycles. The second kappa shape index (κ2) is 6.79. The van der Waals surface area contributed by atoms with Crippen LogP contribution in [0.15, 0.2) is 47.8 Å². The van der Waals surface area contributed by atoms with Gasteiger partial charge in [-0.05, 0) is 55.3 Å². The first kappa shape index (κ1) is 17.7. The van der Waals surface area contributed by atoms with Crippen LogP contribution in [0.1, 0.15) is 11.1 Å². The minimum absolute atomic E-state index is 0.138. The van der Waals surface area contributed by atoms with Crippen LogP contribution in [0.3, 0.4) is 0 Å². The summed E-state index contributed by atoms with van der Waals surface area (Å²) in [5.41, 5.74) is 4.58. The number of nitrogens with zero attached hydrogens (tertiary/aromatic N) is 4.